The number of thioether (sulfide) groups is 1. The van der Waals surface area contributed by atoms with Crippen molar-refractivity contribution in [3.05, 3.63) is 65.2 Å². The first-order chi connectivity index (χ1) is 14.6. The molecule has 4 rings (SSSR count). The summed E-state index contributed by atoms with van der Waals surface area (Å²) >= 11 is 1.58. The van der Waals surface area contributed by atoms with Gasteiger partial charge in [-0.15, -0.1) is 18.2 Å². The van der Waals surface area contributed by atoms with Crippen molar-refractivity contribution in [1.29, 1.82) is 0 Å². The number of allylic oxidation sites excluding steroid dienone is 6. The Hall–Kier alpha value is -1.37. The van der Waals surface area contributed by atoms with Gasteiger partial charge in [0.05, 0.1) is 0 Å². The molecule has 0 saturated heterocycles. The van der Waals surface area contributed by atoms with Crippen LogP contribution in [-0.4, -0.2) is 64.9 Å². The van der Waals surface area contributed by atoms with Crippen molar-refractivity contribution in [2.75, 3.05) is 25.1 Å². The molecule has 4 aliphatic rings. The Balaban J connectivity index is 0.00000272. The smallest absolute Gasteiger partial charge is 0.648 e. The minimum absolute atomic E-state index is 0. The molecule has 0 aromatic carbocycles. The second-order valence-electron chi connectivity index (χ2n) is 8.33. The molecule has 4 atom stereocenters. The van der Waals surface area contributed by atoms with Crippen molar-refractivity contribution in [2.24, 2.45) is 10.9 Å². The zero-order valence-electron chi connectivity index (χ0n) is 17.8. The third-order valence-corrected chi connectivity index (χ3v) is 6.87. The number of carboxylic acids is 1. The first kappa shape index (κ1) is 24.3. The fourth-order valence-electron chi connectivity index (χ4n) is 4.58. The minimum atomic E-state index is -0.764. The molecule has 0 saturated carbocycles. The Kier molecular flexibility index (Phi) is 8.99. The molecule has 5 nitrogen and oxygen atoms in total. The zero-order chi connectivity index (χ0) is 20.9. The quantitative estimate of drug-likeness (QED) is 0.516. The Bertz CT molecular complexity index is 846. The molecule has 0 bridgehead atoms. The number of aliphatic carboxylic acids is 1. The largest absolute Gasteiger partial charge is 2.00 e. The van der Waals surface area contributed by atoms with Crippen LogP contribution in [-0.2, 0) is 21.9 Å². The van der Waals surface area contributed by atoms with Crippen LogP contribution in [0.2, 0.25) is 0 Å². The van der Waals surface area contributed by atoms with E-state index in [-0.39, 0.29) is 29.2 Å². The maximum atomic E-state index is 12.1. The van der Waals surface area contributed by atoms with Gasteiger partial charge in [-0.1, -0.05) is 42.0 Å². The van der Waals surface area contributed by atoms with Crippen LogP contribution in [0, 0.1) is 5.92 Å². The topological polar surface area (TPSA) is 67.0 Å². The fourth-order valence-corrected chi connectivity index (χ4v) is 5.25. The van der Waals surface area contributed by atoms with Gasteiger partial charge >= 0.3 is 23.0 Å². The third kappa shape index (κ3) is 6.11. The molecule has 0 amide bonds. The maximum Gasteiger partial charge on any atom is 2.00 e. The average Bonchev–Trinajstić information content (AvgIpc) is 2.76. The molecule has 169 valence electrons. The van der Waals surface area contributed by atoms with Gasteiger partial charge in [0.1, 0.15) is 6.04 Å². The van der Waals surface area contributed by atoms with Gasteiger partial charge < -0.3 is 10.4 Å². The Labute approximate surface area is 200 Å². The van der Waals surface area contributed by atoms with E-state index >= 15 is 0 Å². The first-order valence-corrected chi connectivity index (χ1v) is 12.2. The van der Waals surface area contributed by atoms with Crippen LogP contribution < -0.4 is 0 Å². The molecule has 0 aromatic rings. The second-order valence-corrected chi connectivity index (χ2v) is 9.24. The standard InChI is InChI=1S/C24H30N3O2S.Cu/c1-30-16-23(24(28)29)27(14-19-12-10-17-6-2-4-8-21(17)25-19)15-20-13-11-18-7-3-5-9-22(18)26-20;/h2-6,9-10,12,18-19,21,23H,7-8,11,13-16H2,1H3,(H,28,29);/q-1;+2/t18?,19-,21?,23?;/m0./s1. The monoisotopic (exact) mass is 487 g/mol. The van der Waals surface area contributed by atoms with Gasteiger partial charge in [-0.25, -0.2) is 0 Å². The summed E-state index contributed by atoms with van der Waals surface area (Å²) in [6.07, 6.45) is 23.0. The molecule has 2 aliphatic heterocycles. The first-order valence-electron chi connectivity index (χ1n) is 10.8. The van der Waals surface area contributed by atoms with Crippen LogP contribution in [0.15, 0.2) is 64.9 Å². The van der Waals surface area contributed by atoms with E-state index in [1.807, 2.05) is 6.26 Å². The van der Waals surface area contributed by atoms with E-state index in [1.165, 1.54) is 5.57 Å². The predicted octanol–water partition coefficient (Wildman–Crippen LogP) is 4.36. The number of carbonyl (C=O) groups is 1. The number of fused-ring (bicyclic) bond motifs is 2. The Morgan fingerprint density at radius 1 is 1.32 bits per heavy atom. The van der Waals surface area contributed by atoms with Crippen LogP contribution in [0.5, 0.6) is 0 Å². The summed E-state index contributed by atoms with van der Waals surface area (Å²) in [7, 11) is 0. The van der Waals surface area contributed by atoms with E-state index in [0.717, 1.165) is 37.1 Å². The molecule has 2 aliphatic carbocycles. The fraction of sp³-hybridized carbons (Fsp3) is 0.500. The minimum Gasteiger partial charge on any atom is -0.648 e. The van der Waals surface area contributed by atoms with Gasteiger partial charge in [0, 0.05) is 29.6 Å². The van der Waals surface area contributed by atoms with Crippen molar-refractivity contribution < 1.29 is 27.0 Å². The van der Waals surface area contributed by atoms with Gasteiger partial charge in [-0.3, -0.25) is 14.7 Å². The van der Waals surface area contributed by atoms with Crippen molar-refractivity contribution >= 4 is 23.4 Å². The van der Waals surface area contributed by atoms with Crippen LogP contribution >= 0.6 is 11.8 Å². The summed E-state index contributed by atoms with van der Waals surface area (Å²) in [5, 5.41) is 14.9. The van der Waals surface area contributed by atoms with Gasteiger partial charge in [0.25, 0.3) is 0 Å². The SMILES string of the molecule is CSCC(C(=O)O)N(CC1=NC2=CC=CCC2CC1)C[C@@H]1C=CC2=CC=CCC2[N-]1.[Cu+2]. The molecule has 7 heteroatoms. The molecule has 0 aromatic heterocycles. The molecule has 1 radical (unpaired) electrons. The summed E-state index contributed by atoms with van der Waals surface area (Å²) in [5.41, 5.74) is 3.50. The van der Waals surface area contributed by atoms with E-state index in [2.05, 4.69) is 53.5 Å². The molecule has 31 heavy (non-hydrogen) atoms. The van der Waals surface area contributed by atoms with Crippen LogP contribution in [0.25, 0.3) is 5.32 Å². The van der Waals surface area contributed by atoms with Crippen LogP contribution in [0.3, 0.4) is 0 Å². The van der Waals surface area contributed by atoms with Crippen LogP contribution in [0.4, 0.5) is 0 Å². The van der Waals surface area contributed by atoms with Gasteiger partial charge in [-0.05, 0) is 44.6 Å². The zero-order valence-corrected chi connectivity index (χ0v) is 19.5. The van der Waals surface area contributed by atoms with E-state index in [4.69, 9.17) is 10.3 Å². The third-order valence-electron chi connectivity index (χ3n) is 6.22. The summed E-state index contributed by atoms with van der Waals surface area (Å²) in [4.78, 5) is 19.1. The number of rotatable bonds is 8. The summed E-state index contributed by atoms with van der Waals surface area (Å²) < 4.78 is 0. The number of hydrogen-bond donors (Lipinski definition) is 1. The summed E-state index contributed by atoms with van der Waals surface area (Å²) in [6.45, 7) is 1.21. The predicted molar refractivity (Wildman–Crippen MR) is 125 cm³/mol. The molecule has 3 unspecified atom stereocenters. The number of carboxylic acid groups (broad SMARTS) is 1. The van der Waals surface area contributed by atoms with Crippen molar-refractivity contribution in [1.82, 2.24) is 4.90 Å². The van der Waals surface area contributed by atoms with E-state index in [9.17, 15) is 9.90 Å². The van der Waals surface area contributed by atoms with Gasteiger partial charge in [0.2, 0.25) is 0 Å². The Morgan fingerprint density at radius 3 is 2.94 bits per heavy atom. The molecular weight excluding hydrogens is 458 g/mol. The number of nitrogens with zero attached hydrogens (tertiary/aromatic N) is 3. The van der Waals surface area contributed by atoms with Gasteiger partial charge in [0.15, 0.2) is 0 Å². The van der Waals surface area contributed by atoms with Crippen molar-refractivity contribution in [2.45, 2.75) is 43.8 Å². The molecule has 0 spiro atoms. The van der Waals surface area contributed by atoms with Crippen molar-refractivity contribution in [3.8, 4) is 0 Å². The second kappa shape index (κ2) is 11.5. The van der Waals surface area contributed by atoms with Crippen molar-refractivity contribution in [3.63, 3.8) is 0 Å². The van der Waals surface area contributed by atoms with E-state index in [1.54, 1.807) is 11.8 Å². The molecule has 1 N–H and O–H groups in total. The summed E-state index contributed by atoms with van der Waals surface area (Å²) in [5.74, 6) is 0.318. The Morgan fingerprint density at radius 2 is 2.13 bits per heavy atom. The number of hydrogen-bond acceptors (Lipinski definition) is 4. The molecular formula is C24H30CuN3O2S+. The van der Waals surface area contributed by atoms with Crippen LogP contribution in [0.1, 0.15) is 25.7 Å². The molecule has 2 heterocycles. The number of aliphatic imine (C=N–C) groups is 1. The summed E-state index contributed by atoms with van der Waals surface area (Å²) in [6, 6.07) is -0.328. The average molecular weight is 488 g/mol. The van der Waals surface area contributed by atoms with E-state index < -0.39 is 12.0 Å². The van der Waals surface area contributed by atoms with Gasteiger partial charge in [-0.2, -0.15) is 11.8 Å². The van der Waals surface area contributed by atoms with E-state index in [0.29, 0.717) is 24.8 Å². The molecule has 0 fully saturated rings. The normalized spacial score (nSPS) is 27.4. The maximum absolute atomic E-state index is 12.1.